The second kappa shape index (κ2) is 7.24. The van der Waals surface area contributed by atoms with Crippen LogP contribution in [0.5, 0.6) is 0 Å². The van der Waals surface area contributed by atoms with E-state index in [0.717, 1.165) is 5.82 Å². The van der Waals surface area contributed by atoms with Crippen molar-refractivity contribution in [3.8, 4) is 0 Å². The van der Waals surface area contributed by atoms with Gasteiger partial charge in [-0.2, -0.15) is 0 Å². The molecule has 0 unspecified atom stereocenters. The van der Waals surface area contributed by atoms with Crippen LogP contribution in [-0.4, -0.2) is 22.1 Å². The molecule has 6 heteroatoms. The van der Waals surface area contributed by atoms with Crippen molar-refractivity contribution in [3.63, 3.8) is 0 Å². The van der Waals surface area contributed by atoms with Crippen LogP contribution in [0.4, 0.5) is 5.69 Å². The Morgan fingerprint density at radius 3 is 2.81 bits per heavy atom. The molecule has 0 aliphatic rings. The largest absolute Gasteiger partial charge is 0.371 e. The molecule has 1 atom stereocenters. The molecule has 0 aliphatic carbocycles. The standard InChI is InChI=1S/C15H18ClN3O2/c1-3-21-11(2)15-17-8-9-19(15)10-14(20)18-13-6-4-12(16)5-7-13/h4-9,11H,3,10H2,1-2H3,(H,18,20)/t11-/m1/s1. The van der Waals surface area contributed by atoms with Crippen molar-refractivity contribution in [2.75, 3.05) is 11.9 Å². The third-order valence-electron chi connectivity index (χ3n) is 2.97. The van der Waals surface area contributed by atoms with Crippen LogP contribution in [0.25, 0.3) is 0 Å². The van der Waals surface area contributed by atoms with Gasteiger partial charge in [0.2, 0.25) is 5.91 Å². The van der Waals surface area contributed by atoms with E-state index in [1.807, 2.05) is 13.8 Å². The van der Waals surface area contributed by atoms with Gasteiger partial charge in [0, 0.05) is 29.7 Å². The number of halogens is 1. The predicted octanol–water partition coefficient (Wildman–Crippen LogP) is 3.27. The normalized spacial score (nSPS) is 12.1. The number of amides is 1. The van der Waals surface area contributed by atoms with Gasteiger partial charge in [-0.05, 0) is 38.1 Å². The van der Waals surface area contributed by atoms with Crippen molar-refractivity contribution in [1.82, 2.24) is 9.55 Å². The summed E-state index contributed by atoms with van der Waals surface area (Å²) in [5.41, 5.74) is 0.712. The summed E-state index contributed by atoms with van der Waals surface area (Å²) < 4.78 is 7.29. The number of anilines is 1. The topological polar surface area (TPSA) is 56.2 Å². The molecule has 1 heterocycles. The Morgan fingerprint density at radius 2 is 2.14 bits per heavy atom. The second-order valence-electron chi connectivity index (χ2n) is 4.57. The van der Waals surface area contributed by atoms with Crippen molar-refractivity contribution < 1.29 is 9.53 Å². The molecule has 0 radical (unpaired) electrons. The zero-order valence-electron chi connectivity index (χ0n) is 12.0. The van der Waals surface area contributed by atoms with Crippen LogP contribution in [0.1, 0.15) is 25.8 Å². The lowest BCUT2D eigenvalue weighted by Crippen LogP contribution is -2.21. The van der Waals surface area contributed by atoms with Crippen LogP contribution in [0, 0.1) is 0 Å². The van der Waals surface area contributed by atoms with Crippen molar-refractivity contribution in [2.24, 2.45) is 0 Å². The average molecular weight is 308 g/mol. The van der Waals surface area contributed by atoms with Crippen LogP contribution in [0.3, 0.4) is 0 Å². The van der Waals surface area contributed by atoms with Gasteiger partial charge < -0.3 is 14.6 Å². The molecule has 2 aromatic rings. The summed E-state index contributed by atoms with van der Waals surface area (Å²) in [6.07, 6.45) is 3.29. The van der Waals surface area contributed by atoms with Crippen molar-refractivity contribution >= 4 is 23.2 Å². The minimum atomic E-state index is -0.145. The van der Waals surface area contributed by atoms with E-state index in [-0.39, 0.29) is 18.6 Å². The van der Waals surface area contributed by atoms with Gasteiger partial charge in [-0.1, -0.05) is 11.6 Å². The van der Waals surface area contributed by atoms with Crippen LogP contribution in [-0.2, 0) is 16.1 Å². The first-order valence-corrected chi connectivity index (χ1v) is 7.16. The number of carbonyl (C=O) groups excluding carboxylic acids is 1. The fourth-order valence-electron chi connectivity index (χ4n) is 2.03. The molecule has 0 bridgehead atoms. The summed E-state index contributed by atoms with van der Waals surface area (Å²) in [5, 5.41) is 3.45. The van der Waals surface area contributed by atoms with E-state index in [2.05, 4.69) is 10.3 Å². The summed E-state index contributed by atoms with van der Waals surface area (Å²) in [6, 6.07) is 6.99. The molecular weight excluding hydrogens is 290 g/mol. The summed E-state index contributed by atoms with van der Waals surface area (Å²) in [4.78, 5) is 16.3. The second-order valence-corrected chi connectivity index (χ2v) is 5.00. The number of aromatic nitrogens is 2. The van der Waals surface area contributed by atoms with Crippen LogP contribution in [0.15, 0.2) is 36.7 Å². The molecule has 1 aromatic heterocycles. The Bertz CT molecular complexity index is 595. The number of nitrogens with zero attached hydrogens (tertiary/aromatic N) is 2. The quantitative estimate of drug-likeness (QED) is 0.891. The number of rotatable bonds is 6. The molecule has 1 aromatic carbocycles. The number of carbonyl (C=O) groups is 1. The third kappa shape index (κ3) is 4.31. The fraction of sp³-hybridized carbons (Fsp3) is 0.333. The molecule has 5 nitrogen and oxygen atoms in total. The highest BCUT2D eigenvalue weighted by Crippen LogP contribution is 2.16. The lowest BCUT2D eigenvalue weighted by atomic mass is 10.3. The number of benzene rings is 1. The van der Waals surface area contributed by atoms with E-state index < -0.39 is 0 Å². The van der Waals surface area contributed by atoms with Crippen LogP contribution >= 0.6 is 11.6 Å². The van der Waals surface area contributed by atoms with Gasteiger partial charge in [-0.15, -0.1) is 0 Å². The maximum Gasteiger partial charge on any atom is 0.244 e. The van der Waals surface area contributed by atoms with Gasteiger partial charge >= 0.3 is 0 Å². The van der Waals surface area contributed by atoms with Crippen LogP contribution < -0.4 is 5.32 Å². The Balaban J connectivity index is 2.00. The van der Waals surface area contributed by atoms with Gasteiger partial charge in [0.25, 0.3) is 0 Å². The predicted molar refractivity (Wildman–Crippen MR) is 82.3 cm³/mol. The zero-order chi connectivity index (χ0) is 15.2. The maximum absolute atomic E-state index is 12.1. The van der Waals surface area contributed by atoms with Gasteiger partial charge in [-0.25, -0.2) is 4.98 Å². The number of nitrogens with one attached hydrogen (secondary N) is 1. The highest BCUT2D eigenvalue weighted by atomic mass is 35.5. The van der Waals surface area contributed by atoms with E-state index in [1.54, 1.807) is 41.2 Å². The highest BCUT2D eigenvalue weighted by Gasteiger charge is 2.14. The highest BCUT2D eigenvalue weighted by molar-refractivity contribution is 6.30. The Morgan fingerprint density at radius 1 is 1.43 bits per heavy atom. The van der Waals surface area contributed by atoms with Gasteiger partial charge in [-0.3, -0.25) is 4.79 Å². The van der Waals surface area contributed by atoms with Crippen molar-refractivity contribution in [3.05, 3.63) is 47.5 Å². The number of imidazole rings is 1. The van der Waals surface area contributed by atoms with Crippen molar-refractivity contribution in [1.29, 1.82) is 0 Å². The molecule has 1 N–H and O–H groups in total. The lowest BCUT2D eigenvalue weighted by molar-refractivity contribution is -0.116. The zero-order valence-corrected chi connectivity index (χ0v) is 12.8. The van der Waals surface area contributed by atoms with Gasteiger partial charge in [0.1, 0.15) is 18.5 Å². The van der Waals surface area contributed by atoms with E-state index >= 15 is 0 Å². The summed E-state index contributed by atoms with van der Waals surface area (Å²) in [6.45, 7) is 4.64. The smallest absolute Gasteiger partial charge is 0.244 e. The van der Waals surface area contributed by atoms with Gasteiger partial charge in [0.15, 0.2) is 0 Å². The maximum atomic E-state index is 12.1. The molecule has 0 saturated carbocycles. The van der Waals surface area contributed by atoms with E-state index in [0.29, 0.717) is 17.3 Å². The third-order valence-corrected chi connectivity index (χ3v) is 3.22. The summed E-state index contributed by atoms with van der Waals surface area (Å²) in [5.74, 6) is 0.614. The first-order valence-electron chi connectivity index (χ1n) is 6.78. The number of ether oxygens (including phenoxy) is 1. The average Bonchev–Trinajstić information content (AvgIpc) is 2.90. The molecule has 21 heavy (non-hydrogen) atoms. The molecule has 0 aliphatic heterocycles. The fourth-order valence-corrected chi connectivity index (χ4v) is 2.15. The molecule has 0 saturated heterocycles. The minimum Gasteiger partial charge on any atom is -0.371 e. The SMILES string of the molecule is CCO[C@H](C)c1nccn1CC(=O)Nc1ccc(Cl)cc1. The minimum absolute atomic E-state index is 0.125. The molecule has 0 fully saturated rings. The van der Waals surface area contributed by atoms with E-state index in [9.17, 15) is 4.79 Å². The monoisotopic (exact) mass is 307 g/mol. The molecule has 0 spiro atoms. The molecule has 112 valence electrons. The summed E-state index contributed by atoms with van der Waals surface area (Å²) in [7, 11) is 0. The Kier molecular flexibility index (Phi) is 5.36. The Labute approximate surface area is 128 Å². The number of hydrogen-bond donors (Lipinski definition) is 1. The summed E-state index contributed by atoms with van der Waals surface area (Å²) >= 11 is 5.81. The van der Waals surface area contributed by atoms with E-state index in [1.165, 1.54) is 0 Å². The Hall–Kier alpha value is -1.85. The molecule has 2 rings (SSSR count). The first kappa shape index (κ1) is 15.5. The van der Waals surface area contributed by atoms with Gasteiger partial charge in [0.05, 0.1) is 0 Å². The van der Waals surface area contributed by atoms with Crippen molar-refractivity contribution in [2.45, 2.75) is 26.5 Å². The lowest BCUT2D eigenvalue weighted by Gasteiger charge is -2.14. The number of hydrogen-bond acceptors (Lipinski definition) is 3. The van der Waals surface area contributed by atoms with Crippen LogP contribution in [0.2, 0.25) is 5.02 Å². The molecular formula is C15H18ClN3O2. The van der Waals surface area contributed by atoms with E-state index in [4.69, 9.17) is 16.3 Å². The molecule has 1 amide bonds. The first-order chi connectivity index (χ1) is 10.1.